The molecule has 1 fully saturated rings. The molecule has 2 aliphatic heterocycles. The average molecular weight is 504 g/mol. The van der Waals surface area contributed by atoms with Gasteiger partial charge in [-0.1, -0.05) is 43.6 Å². The largest absolute Gasteiger partial charge is 0.330 e. The summed E-state index contributed by atoms with van der Waals surface area (Å²) in [5.74, 6) is -1.01. The molecule has 0 unspecified atom stereocenters. The number of amides is 3. The van der Waals surface area contributed by atoms with Gasteiger partial charge in [-0.15, -0.1) is 0 Å². The van der Waals surface area contributed by atoms with Crippen LogP contribution in [0.1, 0.15) is 48.2 Å². The van der Waals surface area contributed by atoms with E-state index in [1.54, 1.807) is 0 Å². The number of rotatable bonds is 5. The standard InChI is InChI=1S/C27H26ClN5O3/c1-16(2)8-23(32(3)24(34)18-9-17(13-29)10-19(28)11-18)25(35)33-15-27(12-20(33)14-30)21-6-4-5-7-22(21)31-26(27)36/h4-7,9-11,16,20,23H,8,12,15H2,1-3H3,(H,31,36)/t20-,23-,27-/m0/s1. The number of nitrogens with one attached hydrogen (secondary N) is 1. The lowest BCUT2D eigenvalue weighted by Crippen LogP contribution is -2.52. The molecule has 0 radical (unpaired) electrons. The second kappa shape index (κ2) is 9.64. The third-order valence-electron chi connectivity index (χ3n) is 6.96. The number of hydrogen-bond donors (Lipinski definition) is 1. The van der Waals surface area contributed by atoms with Crippen molar-refractivity contribution in [3.8, 4) is 12.1 Å². The number of likely N-dealkylation sites (N-methyl/N-ethyl adjacent to an activating group) is 1. The Hall–Kier alpha value is -3.88. The molecule has 2 aliphatic rings. The average Bonchev–Trinajstić information content (AvgIpc) is 3.38. The predicted octanol–water partition coefficient (Wildman–Crippen LogP) is 3.71. The summed E-state index contributed by atoms with van der Waals surface area (Å²) in [4.78, 5) is 43.2. The number of carbonyl (C=O) groups excluding carboxylic acids is 3. The van der Waals surface area contributed by atoms with Crippen LogP contribution >= 0.6 is 11.6 Å². The summed E-state index contributed by atoms with van der Waals surface area (Å²) in [6.07, 6.45) is 0.543. The van der Waals surface area contributed by atoms with Gasteiger partial charge in [0, 0.05) is 36.3 Å². The van der Waals surface area contributed by atoms with E-state index in [4.69, 9.17) is 11.6 Å². The summed E-state index contributed by atoms with van der Waals surface area (Å²) >= 11 is 6.10. The van der Waals surface area contributed by atoms with Gasteiger partial charge in [0.25, 0.3) is 5.91 Å². The van der Waals surface area contributed by atoms with Crippen LogP contribution in [0.4, 0.5) is 5.69 Å². The molecule has 2 aromatic rings. The third kappa shape index (κ3) is 4.29. The molecule has 8 nitrogen and oxygen atoms in total. The first-order valence-corrected chi connectivity index (χ1v) is 12.1. The molecule has 3 amide bonds. The van der Waals surface area contributed by atoms with Crippen LogP contribution in [0.3, 0.4) is 0 Å². The Labute approximate surface area is 215 Å². The number of nitriles is 2. The van der Waals surface area contributed by atoms with Crippen LogP contribution < -0.4 is 5.32 Å². The molecule has 0 saturated carbocycles. The number of anilines is 1. The second-order valence-electron chi connectivity index (χ2n) is 9.80. The zero-order valence-corrected chi connectivity index (χ0v) is 21.0. The molecular formula is C27H26ClN5O3. The fourth-order valence-corrected chi connectivity index (χ4v) is 5.41. The first-order valence-electron chi connectivity index (χ1n) is 11.7. The van der Waals surface area contributed by atoms with E-state index in [1.807, 2.05) is 44.2 Å². The normalized spacial score (nSPS) is 21.0. The molecule has 4 rings (SSSR count). The Morgan fingerprint density at radius 1 is 1.25 bits per heavy atom. The van der Waals surface area contributed by atoms with Crippen LogP contribution in [0.2, 0.25) is 5.02 Å². The summed E-state index contributed by atoms with van der Waals surface area (Å²) in [6, 6.07) is 14.2. The van der Waals surface area contributed by atoms with Crippen molar-refractivity contribution in [3.63, 3.8) is 0 Å². The van der Waals surface area contributed by atoms with Gasteiger partial charge in [-0.3, -0.25) is 14.4 Å². The molecule has 184 valence electrons. The van der Waals surface area contributed by atoms with E-state index >= 15 is 0 Å². The van der Waals surface area contributed by atoms with E-state index in [0.717, 1.165) is 5.56 Å². The van der Waals surface area contributed by atoms with Crippen LogP contribution in [0.15, 0.2) is 42.5 Å². The number of fused-ring (bicyclic) bond motifs is 2. The fraction of sp³-hybridized carbons (Fsp3) is 0.370. The van der Waals surface area contributed by atoms with Gasteiger partial charge < -0.3 is 15.1 Å². The fourth-order valence-electron chi connectivity index (χ4n) is 5.17. The number of hydrogen-bond acceptors (Lipinski definition) is 5. The number of benzene rings is 2. The highest BCUT2D eigenvalue weighted by molar-refractivity contribution is 6.31. The van der Waals surface area contributed by atoms with Crippen molar-refractivity contribution in [1.29, 1.82) is 10.5 Å². The van der Waals surface area contributed by atoms with Crippen LogP contribution in [0.25, 0.3) is 0 Å². The maximum absolute atomic E-state index is 13.9. The number of carbonyl (C=O) groups is 3. The van der Waals surface area contributed by atoms with Crippen LogP contribution in [0.5, 0.6) is 0 Å². The van der Waals surface area contributed by atoms with Gasteiger partial charge >= 0.3 is 0 Å². The molecule has 9 heteroatoms. The van der Waals surface area contributed by atoms with Gasteiger partial charge in [-0.25, -0.2) is 0 Å². The van der Waals surface area contributed by atoms with Gasteiger partial charge in [0.1, 0.15) is 12.1 Å². The molecule has 1 N–H and O–H groups in total. The summed E-state index contributed by atoms with van der Waals surface area (Å²) < 4.78 is 0. The lowest BCUT2D eigenvalue weighted by Gasteiger charge is -2.33. The van der Waals surface area contributed by atoms with E-state index in [1.165, 1.54) is 35.0 Å². The molecule has 1 saturated heterocycles. The van der Waals surface area contributed by atoms with Gasteiger partial charge in [0.2, 0.25) is 11.8 Å². The van der Waals surface area contributed by atoms with Crippen LogP contribution in [-0.4, -0.2) is 53.2 Å². The van der Waals surface area contributed by atoms with E-state index in [0.29, 0.717) is 12.1 Å². The molecule has 0 aromatic heterocycles. The molecule has 2 heterocycles. The Morgan fingerprint density at radius 3 is 2.64 bits per heavy atom. The first kappa shape index (κ1) is 25.2. The Balaban J connectivity index is 1.67. The molecular weight excluding hydrogens is 478 g/mol. The summed E-state index contributed by atoms with van der Waals surface area (Å²) in [5, 5.41) is 22.3. The van der Waals surface area contributed by atoms with Crippen molar-refractivity contribution in [2.75, 3.05) is 18.9 Å². The summed E-state index contributed by atoms with van der Waals surface area (Å²) in [7, 11) is 1.53. The summed E-state index contributed by atoms with van der Waals surface area (Å²) in [5.41, 5.74) is 0.892. The van der Waals surface area contributed by atoms with Gasteiger partial charge in [-0.05, 0) is 42.2 Å². The van der Waals surface area contributed by atoms with Gasteiger partial charge in [0.05, 0.1) is 23.1 Å². The van der Waals surface area contributed by atoms with Gasteiger partial charge in [0.15, 0.2) is 0 Å². The number of nitrogens with zero attached hydrogens (tertiary/aromatic N) is 4. The Bertz CT molecular complexity index is 1330. The highest BCUT2D eigenvalue weighted by Gasteiger charge is 2.56. The van der Waals surface area contributed by atoms with E-state index in [-0.39, 0.29) is 46.8 Å². The molecule has 0 aliphatic carbocycles. The van der Waals surface area contributed by atoms with E-state index < -0.39 is 23.4 Å². The SMILES string of the molecule is CC(C)C[C@@H](C(=O)N1C[C@]2(C[C@H]1C#N)C(=O)Nc1ccccc12)N(C)C(=O)c1cc(Cl)cc(C#N)c1. The zero-order valence-electron chi connectivity index (χ0n) is 20.3. The maximum atomic E-state index is 13.9. The van der Waals surface area contributed by atoms with Crippen LogP contribution in [0, 0.1) is 28.6 Å². The molecule has 36 heavy (non-hydrogen) atoms. The molecule has 1 spiro atoms. The summed E-state index contributed by atoms with van der Waals surface area (Å²) in [6.45, 7) is 3.94. The van der Waals surface area contributed by atoms with Crippen molar-refractivity contribution in [2.45, 2.75) is 44.2 Å². The van der Waals surface area contributed by atoms with E-state index in [2.05, 4.69) is 11.4 Å². The molecule has 3 atom stereocenters. The lowest BCUT2D eigenvalue weighted by molar-refractivity contribution is -0.136. The lowest BCUT2D eigenvalue weighted by atomic mass is 9.80. The Kier molecular flexibility index (Phi) is 6.75. The monoisotopic (exact) mass is 503 g/mol. The number of likely N-dealkylation sites (tertiary alicyclic amines) is 1. The predicted molar refractivity (Wildman–Crippen MR) is 134 cm³/mol. The van der Waals surface area contributed by atoms with Crippen molar-refractivity contribution in [3.05, 3.63) is 64.2 Å². The third-order valence-corrected chi connectivity index (χ3v) is 7.18. The smallest absolute Gasteiger partial charge is 0.254 e. The highest BCUT2D eigenvalue weighted by atomic mass is 35.5. The Morgan fingerprint density at radius 2 is 1.97 bits per heavy atom. The van der Waals surface area contributed by atoms with Gasteiger partial charge in [-0.2, -0.15) is 10.5 Å². The topological polar surface area (TPSA) is 117 Å². The molecule has 2 aromatic carbocycles. The minimum absolute atomic E-state index is 0.0548. The minimum Gasteiger partial charge on any atom is -0.330 e. The van der Waals surface area contributed by atoms with Crippen molar-refractivity contribution < 1.29 is 14.4 Å². The maximum Gasteiger partial charge on any atom is 0.254 e. The number of para-hydroxylation sites is 1. The van der Waals surface area contributed by atoms with Crippen molar-refractivity contribution in [1.82, 2.24) is 9.80 Å². The number of halogens is 1. The molecule has 0 bridgehead atoms. The van der Waals surface area contributed by atoms with Crippen LogP contribution in [-0.2, 0) is 15.0 Å². The van der Waals surface area contributed by atoms with E-state index in [9.17, 15) is 24.9 Å². The van der Waals surface area contributed by atoms with Crippen molar-refractivity contribution >= 4 is 35.0 Å². The highest BCUT2D eigenvalue weighted by Crippen LogP contribution is 2.46. The minimum atomic E-state index is -1.01. The second-order valence-corrected chi connectivity index (χ2v) is 10.2. The van der Waals surface area contributed by atoms with Crippen molar-refractivity contribution in [2.24, 2.45) is 5.92 Å². The first-order chi connectivity index (χ1) is 17.1. The zero-order chi connectivity index (χ0) is 26.2. The quantitative estimate of drug-likeness (QED) is 0.667.